The van der Waals surface area contributed by atoms with E-state index in [1.165, 1.54) is 18.3 Å². The first-order valence-electron chi connectivity index (χ1n) is 5.81. The van der Waals surface area contributed by atoms with Crippen molar-refractivity contribution in [1.82, 2.24) is 4.98 Å². The highest BCUT2D eigenvalue weighted by Crippen LogP contribution is 2.39. The van der Waals surface area contributed by atoms with Crippen molar-refractivity contribution in [2.24, 2.45) is 0 Å². The summed E-state index contributed by atoms with van der Waals surface area (Å²) in [7, 11) is 3.15. The van der Waals surface area contributed by atoms with Crippen molar-refractivity contribution in [1.29, 1.82) is 0 Å². The maximum atomic E-state index is 11.1. The summed E-state index contributed by atoms with van der Waals surface area (Å²) in [6.07, 6.45) is 0. The lowest BCUT2D eigenvalue weighted by molar-refractivity contribution is -0.114. The number of benzene rings is 1. The van der Waals surface area contributed by atoms with Gasteiger partial charge in [0.1, 0.15) is 22.2 Å². The number of nitrogen functional groups attached to an aromatic ring is 1. The van der Waals surface area contributed by atoms with E-state index in [0.717, 1.165) is 5.56 Å². The summed E-state index contributed by atoms with van der Waals surface area (Å²) in [5, 5.41) is 3.59. The molecule has 0 aliphatic rings. The molecular weight excluding hydrogens is 278 g/mol. The van der Waals surface area contributed by atoms with Crippen LogP contribution in [0.5, 0.6) is 11.5 Å². The quantitative estimate of drug-likeness (QED) is 0.903. The van der Waals surface area contributed by atoms with Crippen molar-refractivity contribution >= 4 is 27.4 Å². The summed E-state index contributed by atoms with van der Waals surface area (Å²) in [5.41, 5.74) is 7.29. The topological polar surface area (TPSA) is 86.5 Å². The van der Waals surface area contributed by atoms with Crippen molar-refractivity contribution in [2.45, 2.75) is 6.92 Å². The number of carbonyl (C=O) groups is 1. The molecule has 0 atom stereocenters. The van der Waals surface area contributed by atoms with Gasteiger partial charge in [-0.3, -0.25) is 4.79 Å². The van der Waals surface area contributed by atoms with Crippen LogP contribution >= 0.6 is 11.3 Å². The van der Waals surface area contributed by atoms with Crippen LogP contribution in [0.15, 0.2) is 18.2 Å². The number of methoxy groups -OCH3 is 2. The molecule has 0 bridgehead atoms. The van der Waals surface area contributed by atoms with Crippen molar-refractivity contribution in [3.63, 3.8) is 0 Å². The average molecular weight is 293 g/mol. The van der Waals surface area contributed by atoms with Crippen molar-refractivity contribution in [3.8, 4) is 22.8 Å². The number of aromatic nitrogens is 1. The van der Waals surface area contributed by atoms with Crippen LogP contribution in [0.4, 0.5) is 10.1 Å². The van der Waals surface area contributed by atoms with Gasteiger partial charge < -0.3 is 20.5 Å². The predicted octanol–water partition coefficient (Wildman–Crippen LogP) is 2.37. The fraction of sp³-hybridized carbons (Fsp3) is 0.231. The van der Waals surface area contributed by atoms with Crippen LogP contribution in [0.3, 0.4) is 0 Å². The second kappa shape index (κ2) is 5.79. The number of hydrogen-bond acceptors (Lipinski definition) is 6. The van der Waals surface area contributed by atoms with Gasteiger partial charge in [-0.2, -0.15) is 0 Å². The summed E-state index contributed by atoms with van der Waals surface area (Å²) in [6.45, 7) is 1.42. The van der Waals surface area contributed by atoms with E-state index in [2.05, 4.69) is 10.3 Å². The first-order chi connectivity index (χ1) is 9.55. The van der Waals surface area contributed by atoms with E-state index in [4.69, 9.17) is 15.2 Å². The van der Waals surface area contributed by atoms with Gasteiger partial charge in [0, 0.05) is 18.6 Å². The van der Waals surface area contributed by atoms with Crippen LogP contribution in [-0.2, 0) is 4.79 Å². The van der Waals surface area contributed by atoms with Gasteiger partial charge >= 0.3 is 0 Å². The highest BCUT2D eigenvalue weighted by atomic mass is 32.1. The first-order valence-corrected chi connectivity index (χ1v) is 6.63. The summed E-state index contributed by atoms with van der Waals surface area (Å²) in [6, 6.07) is 5.38. The maximum Gasteiger partial charge on any atom is 0.223 e. The number of carbonyl (C=O) groups excluding carboxylic acids is 1. The van der Waals surface area contributed by atoms with Gasteiger partial charge in [0.15, 0.2) is 5.13 Å². The smallest absolute Gasteiger partial charge is 0.223 e. The second-order valence-corrected chi connectivity index (χ2v) is 5.01. The highest BCUT2D eigenvalue weighted by molar-refractivity contribution is 7.20. The zero-order valence-electron chi connectivity index (χ0n) is 11.4. The van der Waals surface area contributed by atoms with Gasteiger partial charge in [-0.05, 0) is 12.1 Å². The Morgan fingerprint density at radius 3 is 2.70 bits per heavy atom. The summed E-state index contributed by atoms with van der Waals surface area (Å²) < 4.78 is 10.5. The molecule has 7 heteroatoms. The van der Waals surface area contributed by atoms with Gasteiger partial charge in [-0.15, -0.1) is 0 Å². The van der Waals surface area contributed by atoms with Crippen LogP contribution in [0.1, 0.15) is 6.92 Å². The minimum atomic E-state index is -0.188. The van der Waals surface area contributed by atoms with E-state index in [1.807, 2.05) is 6.07 Å². The van der Waals surface area contributed by atoms with E-state index in [1.54, 1.807) is 26.4 Å². The molecule has 1 aromatic carbocycles. The molecule has 6 nitrogen and oxygen atoms in total. The maximum absolute atomic E-state index is 11.1. The fourth-order valence-corrected chi connectivity index (χ4v) is 2.52. The lowest BCUT2D eigenvalue weighted by Crippen LogP contribution is -2.05. The molecule has 2 rings (SSSR count). The lowest BCUT2D eigenvalue weighted by Gasteiger charge is -2.09. The zero-order valence-corrected chi connectivity index (χ0v) is 12.2. The molecule has 2 aromatic rings. The molecule has 0 unspecified atom stereocenters. The Kier molecular flexibility index (Phi) is 4.09. The van der Waals surface area contributed by atoms with E-state index in [9.17, 15) is 4.79 Å². The van der Waals surface area contributed by atoms with Crippen molar-refractivity contribution in [2.75, 3.05) is 25.3 Å². The number of anilines is 2. The molecular formula is C13H15N3O3S. The van der Waals surface area contributed by atoms with Crippen molar-refractivity contribution in [3.05, 3.63) is 18.2 Å². The van der Waals surface area contributed by atoms with E-state index in [0.29, 0.717) is 27.3 Å². The normalized spacial score (nSPS) is 10.2. The molecule has 3 N–H and O–H groups in total. The summed E-state index contributed by atoms with van der Waals surface area (Å²) in [4.78, 5) is 15.4. The largest absolute Gasteiger partial charge is 0.497 e. The number of nitrogens with one attached hydrogen (secondary N) is 1. The number of amides is 1. The molecule has 106 valence electrons. The van der Waals surface area contributed by atoms with Crippen LogP contribution in [0, 0.1) is 0 Å². The standard InChI is InChI=1S/C13H15N3O3S/c1-7(17)15-13-16-11(12(14)20-13)9-5-4-8(18-2)6-10(9)19-3/h4-6H,14H2,1-3H3,(H,15,16,17). The molecule has 0 saturated heterocycles. The Labute approximate surface area is 120 Å². The monoisotopic (exact) mass is 293 g/mol. The number of nitrogens with two attached hydrogens (primary N) is 1. The Balaban J connectivity index is 2.45. The highest BCUT2D eigenvalue weighted by Gasteiger charge is 2.16. The average Bonchev–Trinajstić information content (AvgIpc) is 2.77. The minimum Gasteiger partial charge on any atom is -0.497 e. The Morgan fingerprint density at radius 2 is 2.10 bits per heavy atom. The molecule has 20 heavy (non-hydrogen) atoms. The van der Waals surface area contributed by atoms with Gasteiger partial charge in [-0.1, -0.05) is 11.3 Å². The minimum absolute atomic E-state index is 0.188. The SMILES string of the molecule is COc1ccc(-c2nc(NC(C)=O)sc2N)c(OC)c1. The summed E-state index contributed by atoms with van der Waals surface area (Å²) in [5.74, 6) is 1.10. The van der Waals surface area contributed by atoms with Crippen LogP contribution in [0.25, 0.3) is 11.3 Å². The molecule has 0 spiro atoms. The molecule has 0 fully saturated rings. The Morgan fingerprint density at radius 1 is 1.35 bits per heavy atom. The van der Waals surface area contributed by atoms with Gasteiger partial charge in [0.2, 0.25) is 5.91 Å². The first kappa shape index (κ1) is 14.1. The molecule has 0 aliphatic carbocycles. The molecule has 0 radical (unpaired) electrons. The van der Waals surface area contributed by atoms with Gasteiger partial charge in [0.25, 0.3) is 0 Å². The number of rotatable bonds is 4. The molecule has 0 aliphatic heterocycles. The van der Waals surface area contributed by atoms with Gasteiger partial charge in [0.05, 0.1) is 14.2 Å². The second-order valence-electron chi connectivity index (χ2n) is 3.98. The third-order valence-corrected chi connectivity index (χ3v) is 3.40. The zero-order chi connectivity index (χ0) is 14.7. The Bertz CT molecular complexity index is 640. The third-order valence-electron chi connectivity index (χ3n) is 2.60. The van der Waals surface area contributed by atoms with Crippen LogP contribution in [0.2, 0.25) is 0 Å². The Hall–Kier alpha value is -2.28. The number of nitrogens with zero attached hydrogens (tertiary/aromatic N) is 1. The van der Waals surface area contributed by atoms with Gasteiger partial charge in [-0.25, -0.2) is 4.98 Å². The van der Waals surface area contributed by atoms with Crippen LogP contribution in [-0.4, -0.2) is 25.1 Å². The molecule has 1 heterocycles. The third kappa shape index (κ3) is 2.83. The van der Waals surface area contributed by atoms with E-state index >= 15 is 0 Å². The molecule has 1 aromatic heterocycles. The van der Waals surface area contributed by atoms with Crippen LogP contribution < -0.4 is 20.5 Å². The lowest BCUT2D eigenvalue weighted by atomic mass is 10.1. The predicted molar refractivity (Wildman–Crippen MR) is 79.4 cm³/mol. The molecule has 1 amide bonds. The van der Waals surface area contributed by atoms with E-state index in [-0.39, 0.29) is 5.91 Å². The number of hydrogen-bond donors (Lipinski definition) is 2. The number of ether oxygens (including phenoxy) is 2. The van der Waals surface area contributed by atoms with E-state index < -0.39 is 0 Å². The summed E-state index contributed by atoms with van der Waals surface area (Å²) >= 11 is 1.21. The fourth-order valence-electron chi connectivity index (χ4n) is 1.72. The number of thiazole rings is 1. The van der Waals surface area contributed by atoms with Crippen molar-refractivity contribution < 1.29 is 14.3 Å². The molecule has 0 saturated carbocycles.